The number of hydrogen-bond donors (Lipinski definition) is 0. The largest absolute Gasteiger partial charge is 0.355 e. The van der Waals surface area contributed by atoms with Crippen LogP contribution >= 0.6 is 11.3 Å². The molecule has 1 amide bonds. The average molecular weight is 469 g/mol. The lowest BCUT2D eigenvalue weighted by molar-refractivity contribution is 0.0736. The summed E-state index contributed by atoms with van der Waals surface area (Å²) in [6.45, 7) is 2.34. The number of benzene rings is 2. The first-order chi connectivity index (χ1) is 15.4. The maximum Gasteiger partial charge on any atom is 0.276 e. The first-order valence-corrected chi connectivity index (χ1v) is 12.8. The van der Waals surface area contributed by atoms with Crippen molar-refractivity contribution in [1.29, 1.82) is 0 Å². The third-order valence-electron chi connectivity index (χ3n) is 5.40. The van der Waals surface area contributed by atoms with Crippen molar-refractivity contribution in [2.24, 2.45) is 0 Å². The number of rotatable bonds is 4. The minimum absolute atomic E-state index is 0.155. The molecule has 1 aliphatic heterocycles. The Bertz CT molecular complexity index is 1390. The minimum atomic E-state index is -3.26. The molecule has 1 fully saturated rings. The lowest BCUT2D eigenvalue weighted by Crippen LogP contribution is -2.48. The van der Waals surface area contributed by atoms with Crippen molar-refractivity contribution >= 4 is 42.4 Å². The van der Waals surface area contributed by atoms with E-state index in [9.17, 15) is 13.2 Å². The number of nitrogens with zero attached hydrogens (tertiary/aromatic N) is 4. The third kappa shape index (κ3) is 3.98. The van der Waals surface area contributed by atoms with Crippen molar-refractivity contribution in [3.05, 3.63) is 60.3 Å². The maximum atomic E-state index is 12.9. The van der Waals surface area contributed by atoms with Gasteiger partial charge >= 0.3 is 0 Å². The van der Waals surface area contributed by atoms with Gasteiger partial charge in [0.25, 0.3) is 5.91 Å². The molecule has 2 aromatic carbocycles. The summed E-state index contributed by atoms with van der Waals surface area (Å²) < 4.78 is 29.8. The second-order valence-corrected chi connectivity index (χ2v) is 10.6. The smallest absolute Gasteiger partial charge is 0.276 e. The molecule has 0 radical (unpaired) electrons. The minimum Gasteiger partial charge on any atom is -0.355 e. The highest BCUT2D eigenvalue weighted by molar-refractivity contribution is 7.90. The van der Waals surface area contributed by atoms with E-state index in [2.05, 4.69) is 15.0 Å². The first kappa shape index (κ1) is 20.7. The molecular weight excluding hydrogens is 448 g/mol. The fourth-order valence-electron chi connectivity index (χ4n) is 3.64. The number of piperazine rings is 1. The van der Waals surface area contributed by atoms with Crippen molar-refractivity contribution in [3.8, 4) is 11.3 Å². The van der Waals surface area contributed by atoms with Crippen molar-refractivity contribution in [2.45, 2.75) is 4.90 Å². The highest BCUT2D eigenvalue weighted by Gasteiger charge is 2.26. The standard InChI is InChI=1S/C22H20N4O4S2/c1-32(28,29)16-7-8-17-20(13-16)31-22(23-17)26-11-9-25(10-12-26)21(27)18-14-19(30-24-18)15-5-3-2-4-6-15/h2-8,13-14H,9-12H2,1H3. The van der Waals surface area contributed by atoms with Gasteiger partial charge in [0.05, 0.1) is 15.1 Å². The van der Waals surface area contributed by atoms with Gasteiger partial charge in [-0.3, -0.25) is 4.79 Å². The average Bonchev–Trinajstić information content (AvgIpc) is 3.46. The van der Waals surface area contributed by atoms with E-state index in [0.717, 1.165) is 20.9 Å². The van der Waals surface area contributed by atoms with Crippen LogP contribution in [0.3, 0.4) is 0 Å². The van der Waals surface area contributed by atoms with Crippen molar-refractivity contribution in [1.82, 2.24) is 15.0 Å². The first-order valence-electron chi connectivity index (χ1n) is 10.1. The molecule has 0 unspecified atom stereocenters. The molecule has 10 heteroatoms. The van der Waals surface area contributed by atoms with E-state index >= 15 is 0 Å². The number of sulfone groups is 1. The number of hydrogen-bond acceptors (Lipinski definition) is 8. The number of aromatic nitrogens is 2. The topological polar surface area (TPSA) is 96.6 Å². The Balaban J connectivity index is 1.27. The summed E-state index contributed by atoms with van der Waals surface area (Å²) in [7, 11) is -3.26. The predicted octanol–water partition coefficient (Wildman–Crippen LogP) is 3.32. The molecule has 0 bridgehead atoms. The van der Waals surface area contributed by atoms with Crippen LogP contribution in [0.4, 0.5) is 5.13 Å². The maximum absolute atomic E-state index is 12.9. The zero-order chi connectivity index (χ0) is 22.3. The van der Waals surface area contributed by atoms with E-state index < -0.39 is 9.84 Å². The van der Waals surface area contributed by atoms with Gasteiger partial charge in [-0.2, -0.15) is 0 Å². The van der Waals surface area contributed by atoms with Gasteiger partial charge in [-0.15, -0.1) is 0 Å². The highest BCUT2D eigenvalue weighted by Crippen LogP contribution is 2.31. The van der Waals surface area contributed by atoms with Gasteiger partial charge in [0.15, 0.2) is 26.4 Å². The monoisotopic (exact) mass is 468 g/mol. The Morgan fingerprint density at radius 3 is 2.50 bits per heavy atom. The lowest BCUT2D eigenvalue weighted by atomic mass is 10.1. The summed E-state index contributed by atoms with van der Waals surface area (Å²) in [4.78, 5) is 21.7. The van der Waals surface area contributed by atoms with E-state index in [1.807, 2.05) is 30.3 Å². The Kier molecular flexibility index (Phi) is 5.18. The number of carbonyl (C=O) groups is 1. The molecule has 0 atom stereocenters. The summed E-state index contributed by atoms with van der Waals surface area (Å²) in [6.07, 6.45) is 1.20. The molecule has 0 spiro atoms. The van der Waals surface area contributed by atoms with E-state index in [4.69, 9.17) is 4.52 Å². The third-order valence-corrected chi connectivity index (χ3v) is 7.59. The summed E-state index contributed by atoms with van der Waals surface area (Å²) >= 11 is 1.46. The van der Waals surface area contributed by atoms with Crippen molar-refractivity contribution in [2.75, 3.05) is 37.3 Å². The molecule has 2 aromatic heterocycles. The van der Waals surface area contributed by atoms with Crippen molar-refractivity contribution in [3.63, 3.8) is 0 Å². The molecule has 164 valence electrons. The molecule has 5 rings (SSSR count). The Labute approximate surface area is 189 Å². The number of fused-ring (bicyclic) bond motifs is 1. The van der Waals surface area contributed by atoms with Gasteiger partial charge in [0.2, 0.25) is 0 Å². The van der Waals surface area contributed by atoms with Crippen LogP contribution in [0.2, 0.25) is 0 Å². The van der Waals surface area contributed by atoms with Crippen LogP contribution in [0.15, 0.2) is 64.0 Å². The molecule has 32 heavy (non-hydrogen) atoms. The van der Waals surface area contributed by atoms with Crippen LogP contribution in [-0.4, -0.2) is 61.8 Å². The summed E-state index contributed by atoms with van der Waals surface area (Å²) in [5.74, 6) is 0.410. The van der Waals surface area contributed by atoms with Gasteiger partial charge < -0.3 is 14.3 Å². The Hall–Kier alpha value is -3.24. The zero-order valence-corrected chi connectivity index (χ0v) is 18.9. The van der Waals surface area contributed by atoms with E-state index in [1.54, 1.807) is 29.2 Å². The molecule has 1 aliphatic rings. The van der Waals surface area contributed by atoms with E-state index in [-0.39, 0.29) is 10.8 Å². The molecule has 0 saturated carbocycles. The highest BCUT2D eigenvalue weighted by atomic mass is 32.2. The van der Waals surface area contributed by atoms with Crippen LogP contribution in [0, 0.1) is 0 Å². The van der Waals surface area contributed by atoms with Crippen LogP contribution in [0.25, 0.3) is 21.5 Å². The summed E-state index contributed by atoms with van der Waals surface area (Å²) in [5.41, 5.74) is 1.94. The predicted molar refractivity (Wildman–Crippen MR) is 123 cm³/mol. The molecule has 1 saturated heterocycles. The number of carbonyl (C=O) groups excluding carboxylic acids is 1. The van der Waals surface area contributed by atoms with Crippen LogP contribution in [-0.2, 0) is 9.84 Å². The summed E-state index contributed by atoms with van der Waals surface area (Å²) in [5, 5.41) is 4.79. The number of thiazole rings is 1. The second-order valence-electron chi connectivity index (χ2n) is 7.62. The fourth-order valence-corrected chi connectivity index (χ4v) is 5.41. The fraction of sp³-hybridized carbons (Fsp3) is 0.227. The van der Waals surface area contributed by atoms with Gasteiger partial charge in [-0.05, 0) is 18.2 Å². The SMILES string of the molecule is CS(=O)(=O)c1ccc2nc(N3CCN(C(=O)c4cc(-c5ccccc5)on4)CC3)sc2c1. The number of anilines is 1. The second kappa shape index (κ2) is 8.03. The molecule has 0 N–H and O–H groups in total. The molecule has 0 aliphatic carbocycles. The summed E-state index contributed by atoms with van der Waals surface area (Å²) in [6, 6.07) is 16.2. The molecule has 8 nitrogen and oxygen atoms in total. The molecule has 4 aromatic rings. The van der Waals surface area contributed by atoms with Crippen LogP contribution in [0.1, 0.15) is 10.5 Å². The van der Waals surface area contributed by atoms with E-state index in [1.165, 1.54) is 17.6 Å². The quantitative estimate of drug-likeness (QED) is 0.453. The zero-order valence-electron chi connectivity index (χ0n) is 17.3. The Morgan fingerprint density at radius 1 is 1.03 bits per heavy atom. The van der Waals surface area contributed by atoms with Crippen molar-refractivity contribution < 1.29 is 17.7 Å². The van der Waals surface area contributed by atoms with Gasteiger partial charge in [0.1, 0.15) is 0 Å². The lowest BCUT2D eigenvalue weighted by Gasteiger charge is -2.34. The van der Waals surface area contributed by atoms with E-state index in [0.29, 0.717) is 37.6 Å². The normalized spacial score (nSPS) is 14.8. The molecular formula is C22H20N4O4S2. The Morgan fingerprint density at radius 2 is 1.78 bits per heavy atom. The molecule has 3 heterocycles. The van der Waals surface area contributed by atoms with Gasteiger partial charge in [-0.1, -0.05) is 46.8 Å². The van der Waals surface area contributed by atoms with Crippen LogP contribution < -0.4 is 4.90 Å². The van der Waals surface area contributed by atoms with Crippen LogP contribution in [0.5, 0.6) is 0 Å². The van der Waals surface area contributed by atoms with Gasteiger partial charge in [0, 0.05) is 44.1 Å². The van der Waals surface area contributed by atoms with Gasteiger partial charge in [-0.25, -0.2) is 13.4 Å². The number of amides is 1.